The summed E-state index contributed by atoms with van der Waals surface area (Å²) in [5, 5.41) is 11.2. The number of aromatic nitrogens is 3. The lowest BCUT2D eigenvalue weighted by atomic mass is 10.1. The molecule has 1 aliphatic rings. The van der Waals surface area contributed by atoms with Gasteiger partial charge in [-0.25, -0.2) is 17.5 Å². The summed E-state index contributed by atoms with van der Waals surface area (Å²) >= 11 is 0. The van der Waals surface area contributed by atoms with Gasteiger partial charge in [0.2, 0.25) is 10.0 Å². The average Bonchev–Trinajstić information content (AvgIpc) is 3.03. The van der Waals surface area contributed by atoms with Crippen LogP contribution in [0.15, 0.2) is 41.3 Å². The minimum Gasteiger partial charge on any atom is -0.319 e. The van der Waals surface area contributed by atoms with Crippen molar-refractivity contribution in [2.24, 2.45) is 0 Å². The summed E-state index contributed by atoms with van der Waals surface area (Å²) in [6.45, 7) is 4.38. The van der Waals surface area contributed by atoms with Gasteiger partial charge in [-0.3, -0.25) is 4.79 Å². The number of fused-ring (bicyclic) bond motifs is 1. The molecule has 1 amide bonds. The van der Waals surface area contributed by atoms with Gasteiger partial charge in [-0.15, -0.1) is 10.2 Å². The van der Waals surface area contributed by atoms with Crippen molar-refractivity contribution in [3.63, 3.8) is 0 Å². The Balaban J connectivity index is 1.64. The highest BCUT2D eigenvalue weighted by Gasteiger charge is 2.20. The van der Waals surface area contributed by atoms with Gasteiger partial charge in [-0.05, 0) is 55.7 Å². The fraction of sp³-hybridized carbons (Fsp3) is 0.348. The molecule has 0 fully saturated rings. The van der Waals surface area contributed by atoms with Crippen molar-refractivity contribution < 1.29 is 17.6 Å². The lowest BCUT2D eigenvalue weighted by Gasteiger charge is -2.12. The second kappa shape index (κ2) is 9.40. The molecule has 33 heavy (non-hydrogen) atoms. The number of hydrogen-bond donors (Lipinski definition) is 2. The third-order valence-electron chi connectivity index (χ3n) is 5.68. The summed E-state index contributed by atoms with van der Waals surface area (Å²) in [5.74, 6) is 0.345. The van der Waals surface area contributed by atoms with E-state index in [-0.39, 0.29) is 22.7 Å². The van der Waals surface area contributed by atoms with Crippen LogP contribution in [0.2, 0.25) is 0 Å². The van der Waals surface area contributed by atoms with Crippen LogP contribution in [0.25, 0.3) is 11.4 Å². The monoisotopic (exact) mass is 471 g/mol. The zero-order valence-corrected chi connectivity index (χ0v) is 19.4. The molecule has 0 spiro atoms. The summed E-state index contributed by atoms with van der Waals surface area (Å²) in [6.07, 6.45) is 4.05. The summed E-state index contributed by atoms with van der Waals surface area (Å²) in [5.41, 5.74) is 1.35. The molecular weight excluding hydrogens is 445 g/mol. The van der Waals surface area contributed by atoms with Gasteiger partial charge >= 0.3 is 0 Å². The molecule has 0 unspecified atom stereocenters. The molecule has 0 bridgehead atoms. The Hall–Kier alpha value is -3.11. The second-order valence-corrected chi connectivity index (χ2v) is 9.80. The van der Waals surface area contributed by atoms with Gasteiger partial charge in [0.15, 0.2) is 5.82 Å². The van der Waals surface area contributed by atoms with Gasteiger partial charge in [0.1, 0.15) is 11.6 Å². The number of hydrogen-bond acceptors (Lipinski definition) is 5. The maximum absolute atomic E-state index is 14.6. The van der Waals surface area contributed by atoms with E-state index in [0.29, 0.717) is 17.0 Å². The van der Waals surface area contributed by atoms with Crippen LogP contribution in [0.1, 0.15) is 47.9 Å². The van der Waals surface area contributed by atoms with E-state index < -0.39 is 21.7 Å². The molecule has 4 rings (SSSR count). The normalized spacial score (nSPS) is 13.9. The molecule has 1 aromatic heterocycles. The number of amides is 1. The number of benzene rings is 2. The quantitative estimate of drug-likeness (QED) is 0.571. The van der Waals surface area contributed by atoms with Gasteiger partial charge in [0, 0.05) is 30.6 Å². The molecule has 10 heteroatoms. The van der Waals surface area contributed by atoms with Crippen molar-refractivity contribution in [3.8, 4) is 11.4 Å². The van der Waals surface area contributed by atoms with Crippen LogP contribution < -0.4 is 10.0 Å². The van der Waals surface area contributed by atoms with E-state index in [1.54, 1.807) is 26.0 Å². The van der Waals surface area contributed by atoms with E-state index in [1.165, 1.54) is 24.3 Å². The van der Waals surface area contributed by atoms with Crippen LogP contribution in [0.5, 0.6) is 0 Å². The van der Waals surface area contributed by atoms with Crippen LogP contribution in [-0.2, 0) is 23.0 Å². The maximum Gasteiger partial charge on any atom is 0.256 e. The highest BCUT2D eigenvalue weighted by atomic mass is 32.2. The molecule has 174 valence electrons. The third-order valence-corrected chi connectivity index (χ3v) is 7.22. The van der Waals surface area contributed by atoms with Gasteiger partial charge < -0.3 is 9.88 Å². The van der Waals surface area contributed by atoms with E-state index in [2.05, 4.69) is 20.2 Å². The first-order valence-electron chi connectivity index (χ1n) is 10.9. The smallest absolute Gasteiger partial charge is 0.256 e. The van der Waals surface area contributed by atoms with E-state index in [9.17, 15) is 17.6 Å². The number of sulfonamides is 1. The second-order valence-electron chi connectivity index (χ2n) is 8.03. The Morgan fingerprint density at radius 2 is 1.94 bits per heavy atom. The largest absolute Gasteiger partial charge is 0.319 e. The van der Waals surface area contributed by atoms with Gasteiger partial charge in [-0.1, -0.05) is 19.4 Å². The molecule has 1 aliphatic heterocycles. The van der Waals surface area contributed by atoms with Crippen molar-refractivity contribution >= 4 is 21.6 Å². The third kappa shape index (κ3) is 4.81. The molecule has 0 aliphatic carbocycles. The molecule has 0 atom stereocenters. The van der Waals surface area contributed by atoms with E-state index in [0.717, 1.165) is 38.1 Å². The molecule has 3 aromatic rings. The van der Waals surface area contributed by atoms with E-state index >= 15 is 0 Å². The van der Waals surface area contributed by atoms with Crippen molar-refractivity contribution in [2.45, 2.75) is 51.0 Å². The molecule has 2 aromatic carbocycles. The van der Waals surface area contributed by atoms with E-state index in [1.807, 2.05) is 4.57 Å². The van der Waals surface area contributed by atoms with Gasteiger partial charge in [0.25, 0.3) is 5.91 Å². The first kappa shape index (κ1) is 23.1. The summed E-state index contributed by atoms with van der Waals surface area (Å²) in [6, 6.07) is 8.71. The minimum atomic E-state index is -3.73. The molecule has 0 saturated heterocycles. The van der Waals surface area contributed by atoms with Crippen molar-refractivity contribution in [3.05, 3.63) is 59.2 Å². The number of nitrogens with one attached hydrogen (secondary N) is 2. The van der Waals surface area contributed by atoms with Crippen LogP contribution in [-0.4, -0.2) is 35.6 Å². The zero-order chi connectivity index (χ0) is 23.6. The van der Waals surface area contributed by atoms with Crippen LogP contribution >= 0.6 is 0 Å². The number of anilines is 1. The highest BCUT2D eigenvalue weighted by molar-refractivity contribution is 7.89. The fourth-order valence-corrected chi connectivity index (χ4v) is 5.00. The number of halogens is 1. The van der Waals surface area contributed by atoms with Crippen LogP contribution in [0.3, 0.4) is 0 Å². The Bertz CT molecular complexity index is 1300. The SMILES string of the molecule is CCNS(=O)(=O)c1ccc(C)c(C(=O)Nc2cc(-c3nnc4n3CCCCC4)ccc2F)c1. The Morgan fingerprint density at radius 1 is 1.12 bits per heavy atom. The number of carbonyl (C=O) groups is 1. The van der Waals surface area contributed by atoms with Crippen molar-refractivity contribution in [2.75, 3.05) is 11.9 Å². The molecule has 0 radical (unpaired) electrons. The number of rotatable bonds is 6. The predicted molar refractivity (Wildman–Crippen MR) is 123 cm³/mol. The predicted octanol–water partition coefficient (Wildman–Crippen LogP) is 3.67. The lowest BCUT2D eigenvalue weighted by molar-refractivity contribution is 0.102. The first-order valence-corrected chi connectivity index (χ1v) is 12.4. The summed E-state index contributed by atoms with van der Waals surface area (Å²) in [4.78, 5) is 12.9. The van der Waals surface area contributed by atoms with Crippen molar-refractivity contribution in [1.29, 1.82) is 0 Å². The molecule has 2 heterocycles. The van der Waals surface area contributed by atoms with Gasteiger partial charge in [-0.2, -0.15) is 0 Å². The standard InChI is InChI=1S/C23H26FN5O3S/c1-3-25-33(31,32)17-10-8-15(2)18(14-17)23(30)26-20-13-16(9-11-19(20)24)22-28-27-21-7-5-4-6-12-29(21)22/h8-11,13-14,25H,3-7,12H2,1-2H3,(H,26,30). The zero-order valence-electron chi connectivity index (χ0n) is 18.6. The summed E-state index contributed by atoms with van der Waals surface area (Å²) in [7, 11) is -3.73. The molecular formula is C23H26FN5O3S. The fourth-order valence-electron chi connectivity index (χ4n) is 3.93. The van der Waals surface area contributed by atoms with Gasteiger partial charge in [0.05, 0.1) is 10.6 Å². The lowest BCUT2D eigenvalue weighted by Crippen LogP contribution is -2.24. The average molecular weight is 472 g/mol. The number of nitrogens with zero attached hydrogens (tertiary/aromatic N) is 3. The Kier molecular flexibility index (Phi) is 6.57. The van der Waals surface area contributed by atoms with Crippen LogP contribution in [0.4, 0.5) is 10.1 Å². The molecule has 0 saturated carbocycles. The van der Waals surface area contributed by atoms with E-state index in [4.69, 9.17) is 0 Å². The number of carbonyl (C=O) groups excluding carboxylic acids is 1. The summed E-state index contributed by atoms with van der Waals surface area (Å²) < 4.78 is 43.7. The Labute approximate surface area is 192 Å². The highest BCUT2D eigenvalue weighted by Crippen LogP contribution is 2.27. The Morgan fingerprint density at radius 3 is 2.73 bits per heavy atom. The maximum atomic E-state index is 14.6. The minimum absolute atomic E-state index is 0.0113. The topological polar surface area (TPSA) is 106 Å². The number of aryl methyl sites for hydroxylation is 2. The van der Waals surface area contributed by atoms with Crippen molar-refractivity contribution in [1.82, 2.24) is 19.5 Å². The molecule has 8 nitrogen and oxygen atoms in total. The first-order chi connectivity index (χ1) is 15.8. The van der Waals surface area contributed by atoms with Crippen LogP contribution in [0, 0.1) is 12.7 Å². The molecule has 2 N–H and O–H groups in total.